The Morgan fingerprint density at radius 3 is 2.62 bits per heavy atom. The zero-order chi connectivity index (χ0) is 23.2. The van der Waals surface area contributed by atoms with Crippen LogP contribution in [0, 0.1) is 6.92 Å². The minimum absolute atomic E-state index is 0.281. The Morgan fingerprint density at radius 1 is 1.16 bits per heavy atom. The molecule has 0 saturated carbocycles. The number of pyridine rings is 1. The molecule has 0 aliphatic heterocycles. The molecule has 1 aromatic carbocycles. The highest BCUT2D eigenvalue weighted by molar-refractivity contribution is 5.80. The number of hydrazone groups is 1. The van der Waals surface area contributed by atoms with E-state index >= 15 is 0 Å². The van der Waals surface area contributed by atoms with Crippen molar-refractivity contribution in [2.24, 2.45) is 5.10 Å². The molecular formula is C24H35N5O3. The molecule has 174 valence electrons. The first-order chi connectivity index (χ1) is 15.5. The summed E-state index contributed by atoms with van der Waals surface area (Å²) in [5.41, 5.74) is 6.22. The topological polar surface area (TPSA) is 88.1 Å². The second-order valence-corrected chi connectivity index (χ2v) is 7.32. The van der Waals surface area contributed by atoms with E-state index in [0.29, 0.717) is 24.8 Å². The van der Waals surface area contributed by atoms with Gasteiger partial charge >= 0.3 is 6.09 Å². The normalized spacial score (nSPS) is 10.8. The number of ether oxygens (including phenoxy) is 2. The molecule has 0 atom stereocenters. The predicted molar refractivity (Wildman–Crippen MR) is 130 cm³/mol. The summed E-state index contributed by atoms with van der Waals surface area (Å²) in [4.78, 5) is 18.2. The molecule has 32 heavy (non-hydrogen) atoms. The lowest BCUT2D eigenvalue weighted by Crippen LogP contribution is -2.29. The zero-order valence-corrected chi connectivity index (χ0v) is 19.6. The number of carbonyl (C=O) groups excluding carboxylic acids is 1. The summed E-state index contributed by atoms with van der Waals surface area (Å²) in [6.45, 7) is 10.9. The fourth-order valence-corrected chi connectivity index (χ4v) is 3.13. The summed E-state index contributed by atoms with van der Waals surface area (Å²) in [5.74, 6) is 1.07. The van der Waals surface area contributed by atoms with Gasteiger partial charge in [-0.3, -0.25) is 5.43 Å². The third kappa shape index (κ3) is 8.83. The van der Waals surface area contributed by atoms with Gasteiger partial charge in [0, 0.05) is 30.9 Å². The highest BCUT2D eigenvalue weighted by Crippen LogP contribution is 2.24. The Bertz CT molecular complexity index is 866. The van der Waals surface area contributed by atoms with Crippen LogP contribution in [-0.4, -0.2) is 50.1 Å². The van der Waals surface area contributed by atoms with E-state index in [1.807, 2.05) is 37.3 Å². The number of hydrogen-bond acceptors (Lipinski definition) is 7. The van der Waals surface area contributed by atoms with Crippen LogP contribution in [-0.2, 0) is 4.74 Å². The van der Waals surface area contributed by atoms with Crippen LogP contribution in [0.4, 0.5) is 16.3 Å². The number of benzene rings is 1. The molecule has 1 heterocycles. The van der Waals surface area contributed by atoms with Crippen molar-refractivity contribution >= 4 is 23.8 Å². The van der Waals surface area contributed by atoms with E-state index in [1.54, 1.807) is 13.1 Å². The Balaban J connectivity index is 2.12. The van der Waals surface area contributed by atoms with Crippen LogP contribution in [0.25, 0.3) is 0 Å². The van der Waals surface area contributed by atoms with Crippen molar-refractivity contribution in [2.75, 3.05) is 43.2 Å². The van der Waals surface area contributed by atoms with E-state index in [0.717, 1.165) is 37.2 Å². The molecule has 0 radical (unpaired) electrons. The van der Waals surface area contributed by atoms with Gasteiger partial charge in [-0.2, -0.15) is 10.1 Å². The van der Waals surface area contributed by atoms with Crippen LogP contribution in [0.2, 0.25) is 0 Å². The van der Waals surface area contributed by atoms with Gasteiger partial charge in [0.05, 0.1) is 19.4 Å². The molecule has 0 aliphatic carbocycles. The molecule has 2 aromatic rings. The summed E-state index contributed by atoms with van der Waals surface area (Å²) in [6.07, 6.45) is 3.38. The minimum Gasteiger partial charge on any atom is -0.476 e. The van der Waals surface area contributed by atoms with Crippen molar-refractivity contribution in [3.8, 4) is 5.88 Å². The van der Waals surface area contributed by atoms with Crippen molar-refractivity contribution in [3.05, 3.63) is 47.5 Å². The lowest BCUT2D eigenvalue weighted by atomic mass is 10.2. The molecule has 0 spiro atoms. The van der Waals surface area contributed by atoms with Crippen molar-refractivity contribution in [1.29, 1.82) is 0 Å². The van der Waals surface area contributed by atoms with Crippen LogP contribution in [0.15, 0.2) is 41.5 Å². The van der Waals surface area contributed by atoms with E-state index in [2.05, 4.69) is 45.6 Å². The van der Waals surface area contributed by atoms with Gasteiger partial charge < -0.3 is 19.7 Å². The highest BCUT2D eigenvalue weighted by Gasteiger charge is 2.10. The van der Waals surface area contributed by atoms with E-state index in [1.165, 1.54) is 5.56 Å². The van der Waals surface area contributed by atoms with Gasteiger partial charge in [-0.1, -0.05) is 43.7 Å². The average molecular weight is 442 g/mol. The first kappa shape index (κ1) is 25.0. The Morgan fingerprint density at radius 2 is 1.94 bits per heavy atom. The number of nitrogens with one attached hydrogen (secondary N) is 2. The molecule has 8 heteroatoms. The highest BCUT2D eigenvalue weighted by atomic mass is 16.5. The van der Waals surface area contributed by atoms with Gasteiger partial charge in [-0.15, -0.1) is 0 Å². The zero-order valence-electron chi connectivity index (χ0n) is 19.6. The van der Waals surface area contributed by atoms with Gasteiger partial charge in [0.25, 0.3) is 0 Å². The van der Waals surface area contributed by atoms with Gasteiger partial charge in [0.1, 0.15) is 6.61 Å². The quantitative estimate of drug-likeness (QED) is 0.269. The van der Waals surface area contributed by atoms with E-state index in [4.69, 9.17) is 9.47 Å². The van der Waals surface area contributed by atoms with Crippen LogP contribution >= 0.6 is 0 Å². The third-order valence-electron chi connectivity index (χ3n) is 4.47. The summed E-state index contributed by atoms with van der Waals surface area (Å²) in [5, 5.41) is 6.98. The molecule has 8 nitrogen and oxygen atoms in total. The van der Waals surface area contributed by atoms with Crippen LogP contribution < -0.4 is 20.4 Å². The largest absolute Gasteiger partial charge is 0.476 e. The smallest absolute Gasteiger partial charge is 0.407 e. The number of hydrogen-bond donors (Lipinski definition) is 2. The number of aromatic nitrogens is 1. The van der Waals surface area contributed by atoms with Gasteiger partial charge in [-0.25, -0.2) is 4.79 Å². The number of alkyl carbamates (subject to hydrolysis) is 1. The fraction of sp³-hybridized carbons (Fsp3) is 0.458. The molecule has 0 unspecified atom stereocenters. The number of rotatable bonds is 13. The molecule has 1 aromatic heterocycles. The van der Waals surface area contributed by atoms with Gasteiger partial charge in [0.15, 0.2) is 5.82 Å². The fourth-order valence-electron chi connectivity index (χ4n) is 3.13. The number of amides is 1. The molecule has 0 bridgehead atoms. The van der Waals surface area contributed by atoms with Gasteiger partial charge in [0.2, 0.25) is 5.88 Å². The summed E-state index contributed by atoms with van der Waals surface area (Å²) in [6, 6.07) is 12.0. The summed E-state index contributed by atoms with van der Waals surface area (Å²) in [7, 11) is 0. The molecule has 2 N–H and O–H groups in total. The van der Waals surface area contributed by atoms with E-state index in [9.17, 15) is 4.79 Å². The van der Waals surface area contributed by atoms with Crippen molar-refractivity contribution in [1.82, 2.24) is 10.3 Å². The van der Waals surface area contributed by atoms with Crippen molar-refractivity contribution in [2.45, 2.75) is 40.5 Å². The molecule has 0 saturated heterocycles. The van der Waals surface area contributed by atoms with E-state index in [-0.39, 0.29) is 6.61 Å². The maximum Gasteiger partial charge on any atom is 0.407 e. The Labute approximate surface area is 191 Å². The van der Waals surface area contributed by atoms with Crippen molar-refractivity contribution in [3.63, 3.8) is 0 Å². The minimum atomic E-state index is -0.456. The second-order valence-electron chi connectivity index (χ2n) is 7.32. The lowest BCUT2D eigenvalue weighted by molar-refractivity contribution is 0.150. The number of carbonyl (C=O) groups is 1. The Kier molecular flexibility index (Phi) is 10.8. The molecular weight excluding hydrogens is 406 g/mol. The summed E-state index contributed by atoms with van der Waals surface area (Å²) >= 11 is 0. The molecule has 1 amide bonds. The maximum atomic E-state index is 11.4. The van der Waals surface area contributed by atoms with E-state index < -0.39 is 6.09 Å². The average Bonchev–Trinajstić information content (AvgIpc) is 2.77. The Hall–Kier alpha value is -3.29. The summed E-state index contributed by atoms with van der Waals surface area (Å²) < 4.78 is 10.7. The third-order valence-corrected chi connectivity index (χ3v) is 4.47. The predicted octanol–water partition coefficient (Wildman–Crippen LogP) is 4.59. The van der Waals surface area contributed by atoms with Crippen LogP contribution in [0.3, 0.4) is 0 Å². The molecule has 0 aliphatic rings. The van der Waals surface area contributed by atoms with Crippen LogP contribution in [0.1, 0.15) is 44.7 Å². The lowest BCUT2D eigenvalue weighted by Gasteiger charge is -2.24. The standard InChI is InChI=1S/C24H35N5O3/c1-5-12-29(13-6-2)21-16-22(28-26-18-20-10-8-9-19(4)15-20)27-23(17-21)32-14-11-25-24(30)31-7-3/h8-10,15-18H,5-7,11-14H2,1-4H3,(H,25,30)(H,27,28)/b26-18+. The number of nitrogens with zero attached hydrogens (tertiary/aromatic N) is 3. The van der Waals surface area contributed by atoms with Crippen LogP contribution in [0.5, 0.6) is 5.88 Å². The molecule has 0 fully saturated rings. The maximum absolute atomic E-state index is 11.4. The van der Waals surface area contributed by atoms with Gasteiger partial charge in [-0.05, 0) is 32.3 Å². The second kappa shape index (κ2) is 13.9. The monoisotopic (exact) mass is 441 g/mol. The SMILES string of the molecule is CCCN(CCC)c1cc(N/N=C/c2cccc(C)c2)nc(OCCNC(=O)OCC)c1. The number of anilines is 2. The molecule has 2 rings (SSSR count). The first-order valence-corrected chi connectivity index (χ1v) is 11.2. The van der Waals surface area contributed by atoms with Crippen molar-refractivity contribution < 1.29 is 14.3 Å². The number of aryl methyl sites for hydroxylation is 1. The first-order valence-electron chi connectivity index (χ1n) is 11.2.